The van der Waals surface area contributed by atoms with E-state index >= 15 is 0 Å². The van der Waals surface area contributed by atoms with Crippen LogP contribution in [-0.4, -0.2) is 64.4 Å². The van der Waals surface area contributed by atoms with Crippen LogP contribution in [0.25, 0.3) is 0 Å². The quantitative estimate of drug-likeness (QED) is 0.102. The number of nitrogens with one attached hydrogen (secondary N) is 1. The van der Waals surface area contributed by atoms with Crippen LogP contribution in [0.1, 0.15) is 47.9 Å². The molecule has 5 N–H and O–H groups in total. The number of carbonyl (C=O) groups excluding carboxylic acids is 4. The van der Waals surface area contributed by atoms with Gasteiger partial charge in [-0.2, -0.15) is 26.3 Å². The van der Waals surface area contributed by atoms with Crippen molar-refractivity contribution in [3.05, 3.63) is 94.8 Å². The van der Waals surface area contributed by atoms with Crippen molar-refractivity contribution in [3.63, 3.8) is 0 Å². The molecule has 0 saturated carbocycles. The fraction of sp³-hybridized carbons (Fsp3) is 0.343. The van der Waals surface area contributed by atoms with Gasteiger partial charge in [-0.1, -0.05) is 42.5 Å². The number of hydrogen-bond donors (Lipinski definition) is 4. The van der Waals surface area contributed by atoms with Crippen LogP contribution in [0.5, 0.6) is 0 Å². The van der Waals surface area contributed by atoms with Crippen molar-refractivity contribution in [2.45, 2.75) is 57.5 Å². The monoisotopic (exact) mass is 802 g/mol. The predicted molar refractivity (Wildman–Crippen MR) is 182 cm³/mol. The molecule has 3 aromatic carbocycles. The van der Waals surface area contributed by atoms with Crippen LogP contribution in [0.15, 0.2) is 71.7 Å². The number of nitrogens with zero attached hydrogens (tertiary/aromatic N) is 2. The summed E-state index contributed by atoms with van der Waals surface area (Å²) in [4.78, 5) is 77.2. The fourth-order valence-corrected chi connectivity index (χ4v) is 6.44. The van der Waals surface area contributed by atoms with Gasteiger partial charge in [0.1, 0.15) is 5.82 Å². The first-order chi connectivity index (χ1) is 25.5. The van der Waals surface area contributed by atoms with E-state index in [-0.39, 0.29) is 33.4 Å². The van der Waals surface area contributed by atoms with E-state index in [2.05, 4.69) is 10.3 Å². The van der Waals surface area contributed by atoms with Crippen molar-refractivity contribution in [2.75, 3.05) is 11.6 Å². The second-order valence-corrected chi connectivity index (χ2v) is 14.2. The number of alkyl halides is 6. The van der Waals surface area contributed by atoms with Crippen LogP contribution >= 0.6 is 7.60 Å². The first kappa shape index (κ1) is 42.6. The van der Waals surface area contributed by atoms with Crippen LogP contribution in [-0.2, 0) is 34.9 Å². The van der Waals surface area contributed by atoms with E-state index < -0.39 is 106 Å². The summed E-state index contributed by atoms with van der Waals surface area (Å²) in [5, 5.41) is 1.84. The van der Waals surface area contributed by atoms with Gasteiger partial charge in [0.05, 0.1) is 23.1 Å². The number of hydrogen-bond acceptors (Lipinski definition) is 7. The van der Waals surface area contributed by atoms with Crippen LogP contribution in [0.2, 0.25) is 0 Å². The molecule has 1 aliphatic rings. The maximum atomic E-state index is 14.5. The Bertz CT molecular complexity index is 2000. The summed E-state index contributed by atoms with van der Waals surface area (Å²) in [6.07, 6.45) is -18.0. The molecule has 3 atom stereocenters. The number of benzene rings is 3. The van der Waals surface area contributed by atoms with E-state index in [1.807, 2.05) is 0 Å². The molecule has 0 aromatic heterocycles. The van der Waals surface area contributed by atoms with Gasteiger partial charge in [0, 0.05) is 35.8 Å². The first-order valence-electron chi connectivity index (χ1n) is 16.3. The standard InChI is InChI=1S/C35H34F7N4O8P/c1-19-4-2-7-26-28(21-5-3-6-22(36)17-21)44-31(45-32(49)25(13-15-35(40,41)42)24(30(43)48)12-14-34(37,38)39)33(50)46(29(19)26)18-54-27(47)16-20-8-10-23(11-9-20)55(51,52)53/h2-11,17,24-25,31H,12-16,18H2,1H3,(H2,43,48)(H,45,49)(H2,51,52,53)/t24-,25+,31+/m0/s1. The molecule has 0 unspecified atom stereocenters. The molecule has 3 aromatic rings. The smallest absolute Gasteiger partial charge is 0.389 e. The summed E-state index contributed by atoms with van der Waals surface area (Å²) in [5.74, 6) is -9.95. The average molecular weight is 803 g/mol. The zero-order valence-corrected chi connectivity index (χ0v) is 29.6. The van der Waals surface area contributed by atoms with Crippen molar-refractivity contribution < 1.29 is 69.0 Å². The van der Waals surface area contributed by atoms with Gasteiger partial charge < -0.3 is 25.6 Å². The Labute approximate surface area is 308 Å². The molecule has 20 heteroatoms. The molecule has 0 fully saturated rings. The van der Waals surface area contributed by atoms with Crippen molar-refractivity contribution in [3.8, 4) is 0 Å². The third kappa shape index (κ3) is 11.7. The number of esters is 1. The zero-order chi connectivity index (χ0) is 40.9. The summed E-state index contributed by atoms with van der Waals surface area (Å²) in [6.45, 7) is 0.693. The Morgan fingerprint density at radius 3 is 2.11 bits per heavy atom. The van der Waals surface area contributed by atoms with Crippen molar-refractivity contribution >= 4 is 48.0 Å². The summed E-state index contributed by atoms with van der Waals surface area (Å²) >= 11 is 0. The van der Waals surface area contributed by atoms with Crippen LogP contribution in [0.4, 0.5) is 36.4 Å². The molecule has 3 amide bonds. The Kier molecular flexibility index (Phi) is 13.3. The lowest BCUT2D eigenvalue weighted by atomic mass is 9.83. The number of ether oxygens (including phenoxy) is 1. The van der Waals surface area contributed by atoms with Crippen molar-refractivity contribution in [1.82, 2.24) is 5.32 Å². The Morgan fingerprint density at radius 2 is 1.55 bits per heavy atom. The van der Waals surface area contributed by atoms with Gasteiger partial charge >= 0.3 is 25.9 Å². The molecular weight excluding hydrogens is 768 g/mol. The average Bonchev–Trinajstić information content (AvgIpc) is 3.18. The van der Waals surface area contributed by atoms with E-state index in [1.165, 1.54) is 30.3 Å². The van der Waals surface area contributed by atoms with Crippen molar-refractivity contribution in [2.24, 2.45) is 22.6 Å². The SMILES string of the molecule is Cc1cccc2c1N(COC(=O)Cc1ccc(P(=O)(O)O)cc1)C(=O)[C@@H](NC(=O)[C@H](CCC(F)(F)F)[C@H](CCC(F)(F)F)C(N)=O)N=C2c1cccc(F)c1. The number of rotatable bonds is 14. The molecule has 0 saturated heterocycles. The molecule has 0 radical (unpaired) electrons. The minimum atomic E-state index is -4.91. The molecule has 0 aliphatic carbocycles. The third-order valence-electron chi connectivity index (χ3n) is 8.54. The third-order valence-corrected chi connectivity index (χ3v) is 9.51. The summed E-state index contributed by atoms with van der Waals surface area (Å²) in [6, 6.07) is 14.1. The molecule has 4 rings (SSSR count). The number of para-hydroxylation sites is 1. The maximum Gasteiger partial charge on any atom is 0.389 e. The zero-order valence-electron chi connectivity index (χ0n) is 28.7. The number of halogens is 7. The number of amides is 3. The molecule has 12 nitrogen and oxygen atoms in total. The highest BCUT2D eigenvalue weighted by Crippen LogP contribution is 2.35. The van der Waals surface area contributed by atoms with E-state index in [0.29, 0.717) is 5.56 Å². The molecule has 1 aliphatic heterocycles. The van der Waals surface area contributed by atoms with Gasteiger partial charge in [-0.05, 0) is 55.2 Å². The Hall–Kier alpha value is -5.13. The van der Waals surface area contributed by atoms with Crippen LogP contribution in [0, 0.1) is 24.6 Å². The highest BCUT2D eigenvalue weighted by atomic mass is 31.2. The van der Waals surface area contributed by atoms with Crippen molar-refractivity contribution in [1.29, 1.82) is 0 Å². The van der Waals surface area contributed by atoms with Gasteiger partial charge in [-0.15, -0.1) is 0 Å². The Balaban J connectivity index is 1.74. The molecule has 55 heavy (non-hydrogen) atoms. The molecule has 0 bridgehead atoms. The largest absolute Gasteiger partial charge is 0.444 e. The maximum absolute atomic E-state index is 14.5. The predicted octanol–water partition coefficient (Wildman–Crippen LogP) is 4.71. The second-order valence-electron chi connectivity index (χ2n) is 12.6. The lowest BCUT2D eigenvalue weighted by molar-refractivity contribution is -0.152. The van der Waals surface area contributed by atoms with Gasteiger partial charge in [0.15, 0.2) is 6.73 Å². The number of anilines is 1. The second kappa shape index (κ2) is 17.1. The van der Waals surface area contributed by atoms with Gasteiger partial charge in [0.25, 0.3) is 5.91 Å². The number of fused-ring (bicyclic) bond motifs is 1. The highest BCUT2D eigenvalue weighted by Gasteiger charge is 2.42. The van der Waals surface area contributed by atoms with Crippen LogP contribution < -0.4 is 21.3 Å². The lowest BCUT2D eigenvalue weighted by Crippen LogP contribution is -2.51. The van der Waals surface area contributed by atoms with E-state index in [4.69, 9.17) is 10.5 Å². The van der Waals surface area contributed by atoms with E-state index in [1.54, 1.807) is 19.1 Å². The molecule has 1 heterocycles. The Morgan fingerprint density at radius 1 is 0.945 bits per heavy atom. The molecule has 0 spiro atoms. The number of carbonyl (C=O) groups is 4. The summed E-state index contributed by atoms with van der Waals surface area (Å²) < 4.78 is 111. The molecular formula is C35H34F7N4O8P. The highest BCUT2D eigenvalue weighted by molar-refractivity contribution is 7.60. The fourth-order valence-electron chi connectivity index (χ4n) is 5.91. The van der Waals surface area contributed by atoms with Gasteiger partial charge in [-0.25, -0.2) is 9.38 Å². The summed E-state index contributed by atoms with van der Waals surface area (Å²) in [7, 11) is -4.58. The number of benzodiazepines with no additional fused rings is 1. The number of aliphatic imine (C=N–C) groups is 1. The van der Waals surface area contributed by atoms with Crippen LogP contribution in [0.3, 0.4) is 0 Å². The number of primary amides is 1. The molecule has 296 valence electrons. The number of nitrogens with two attached hydrogens (primary N) is 1. The van der Waals surface area contributed by atoms with Gasteiger partial charge in [-0.3, -0.25) is 28.6 Å². The minimum absolute atomic E-state index is 0.0554. The minimum Gasteiger partial charge on any atom is -0.444 e. The number of aryl methyl sites for hydroxylation is 1. The van der Waals surface area contributed by atoms with E-state index in [9.17, 15) is 64.3 Å². The van der Waals surface area contributed by atoms with E-state index in [0.717, 1.165) is 29.2 Å². The topological polar surface area (TPSA) is 189 Å². The summed E-state index contributed by atoms with van der Waals surface area (Å²) in [5.41, 5.74) is 6.08. The first-order valence-corrected chi connectivity index (χ1v) is 17.9. The lowest BCUT2D eigenvalue weighted by Gasteiger charge is -2.28. The normalized spacial score (nSPS) is 16.0. The van der Waals surface area contributed by atoms with Gasteiger partial charge in [0.2, 0.25) is 18.0 Å².